The summed E-state index contributed by atoms with van der Waals surface area (Å²) >= 11 is 0.545. The fraction of sp³-hybridized carbons (Fsp3) is 0.333. The fourth-order valence-electron chi connectivity index (χ4n) is 1.41. The Balaban J connectivity index is 2.49. The molecule has 0 bridgehead atoms. The van der Waals surface area contributed by atoms with Gasteiger partial charge in [0.15, 0.2) is 5.82 Å². The highest BCUT2D eigenvalue weighted by Gasteiger charge is 2.61. The topological polar surface area (TPSA) is 124 Å². The van der Waals surface area contributed by atoms with E-state index in [1.165, 1.54) is 11.1 Å². The second-order valence-corrected chi connectivity index (χ2v) is 4.86. The van der Waals surface area contributed by atoms with Crippen LogP contribution < -0.4 is 5.69 Å². The minimum absolute atomic E-state index is 0.0742. The van der Waals surface area contributed by atoms with Gasteiger partial charge in [0.1, 0.15) is 22.4 Å². The van der Waals surface area contributed by atoms with Gasteiger partial charge in [-0.1, -0.05) is 17.0 Å². The van der Waals surface area contributed by atoms with Crippen molar-refractivity contribution in [2.24, 2.45) is 0 Å². The van der Waals surface area contributed by atoms with E-state index in [1.54, 1.807) is 0 Å². The van der Waals surface area contributed by atoms with Gasteiger partial charge in [0.25, 0.3) is 0 Å². The number of tetrazole rings is 1. The number of halogens is 5. The minimum atomic E-state index is -5.99. The number of H-pyrrole nitrogens is 2. The van der Waals surface area contributed by atoms with E-state index >= 15 is 0 Å². The highest BCUT2D eigenvalue weighted by molar-refractivity contribution is 7.98. The summed E-state index contributed by atoms with van der Waals surface area (Å²) in [6, 6.07) is 1.20. The van der Waals surface area contributed by atoms with Crippen molar-refractivity contribution in [3.63, 3.8) is 0 Å². The van der Waals surface area contributed by atoms with E-state index in [9.17, 15) is 26.7 Å². The fourth-order valence-corrected chi connectivity index (χ4v) is 2.24. The molecule has 8 nitrogen and oxygen atoms in total. The molecule has 122 valence electrons. The molecule has 0 aliphatic carbocycles. The summed E-state index contributed by atoms with van der Waals surface area (Å²) in [4.78, 5) is 15.8. The normalized spacial score (nSPS) is 12.2. The van der Waals surface area contributed by atoms with Crippen LogP contribution in [0.2, 0.25) is 0 Å². The lowest BCUT2D eigenvalue weighted by molar-refractivity contribution is -0.291. The largest absolute Gasteiger partial charge is 0.459 e. The molecule has 0 aliphatic rings. The molecule has 23 heavy (non-hydrogen) atoms. The van der Waals surface area contributed by atoms with Crippen LogP contribution in [0.25, 0.3) is 0 Å². The van der Waals surface area contributed by atoms with Crippen molar-refractivity contribution in [3.05, 3.63) is 27.6 Å². The van der Waals surface area contributed by atoms with Crippen LogP contribution in [0.1, 0.15) is 17.1 Å². The molecule has 2 aromatic heterocycles. The molecule has 0 unspecified atom stereocenters. The SMILES string of the molecule is N#Cc1c(SCc2nn[nH]n2)nc(=O)[nH]c1C(F)(F)C(F)(F)F. The van der Waals surface area contributed by atoms with Gasteiger partial charge in [0, 0.05) is 0 Å². The lowest BCUT2D eigenvalue weighted by atomic mass is 10.1. The first-order valence-electron chi connectivity index (χ1n) is 5.51. The van der Waals surface area contributed by atoms with Crippen molar-refractivity contribution in [3.8, 4) is 6.07 Å². The predicted molar refractivity (Wildman–Crippen MR) is 63.3 cm³/mol. The molecular formula is C9H4F5N7OS. The van der Waals surface area contributed by atoms with E-state index in [2.05, 4.69) is 25.6 Å². The highest BCUT2D eigenvalue weighted by Crippen LogP contribution is 2.44. The maximum Gasteiger partial charge on any atom is 0.459 e. The molecule has 2 N–H and O–H groups in total. The Morgan fingerprint density at radius 3 is 2.48 bits per heavy atom. The summed E-state index contributed by atoms with van der Waals surface area (Å²) in [5, 5.41) is 20.7. The Morgan fingerprint density at radius 2 is 1.96 bits per heavy atom. The van der Waals surface area contributed by atoms with Gasteiger partial charge in [-0.15, -0.1) is 10.2 Å². The third-order valence-electron chi connectivity index (χ3n) is 2.41. The third kappa shape index (κ3) is 3.28. The lowest BCUT2D eigenvalue weighted by Gasteiger charge is -2.20. The smallest absolute Gasteiger partial charge is 0.303 e. The Kier molecular flexibility index (Phi) is 4.32. The van der Waals surface area contributed by atoms with Crippen LogP contribution >= 0.6 is 11.8 Å². The van der Waals surface area contributed by atoms with Crippen LogP contribution in [0.4, 0.5) is 22.0 Å². The molecule has 0 saturated carbocycles. The molecule has 2 rings (SSSR count). The maximum atomic E-state index is 13.5. The Morgan fingerprint density at radius 1 is 1.26 bits per heavy atom. The summed E-state index contributed by atoms with van der Waals surface area (Å²) < 4.78 is 64.3. The first-order valence-corrected chi connectivity index (χ1v) is 6.50. The number of nitrogens with one attached hydrogen (secondary N) is 2. The van der Waals surface area contributed by atoms with E-state index in [0.29, 0.717) is 11.8 Å². The van der Waals surface area contributed by atoms with Gasteiger partial charge in [-0.3, -0.25) is 0 Å². The second kappa shape index (κ2) is 5.91. The van der Waals surface area contributed by atoms with Crippen LogP contribution in [0.3, 0.4) is 0 Å². The lowest BCUT2D eigenvalue weighted by Crippen LogP contribution is -2.37. The van der Waals surface area contributed by atoms with Crippen molar-refractivity contribution in [2.75, 3.05) is 0 Å². The number of nitriles is 1. The summed E-state index contributed by atoms with van der Waals surface area (Å²) in [6.45, 7) is 0. The van der Waals surface area contributed by atoms with Gasteiger partial charge in [-0.05, 0) is 0 Å². The molecule has 0 fully saturated rings. The van der Waals surface area contributed by atoms with Gasteiger partial charge in [0.05, 0.1) is 5.75 Å². The number of aromatic amines is 2. The second-order valence-electron chi connectivity index (χ2n) is 3.90. The zero-order valence-corrected chi connectivity index (χ0v) is 11.5. The molecule has 0 aromatic carbocycles. The molecule has 0 amide bonds. The van der Waals surface area contributed by atoms with E-state index in [-0.39, 0.29) is 11.6 Å². The molecule has 0 radical (unpaired) electrons. The molecule has 2 aromatic rings. The Labute approximate surface area is 127 Å². The molecule has 0 aliphatic heterocycles. The number of rotatable bonds is 4. The zero-order chi connectivity index (χ0) is 17.3. The summed E-state index contributed by atoms with van der Waals surface area (Å²) in [7, 11) is 0. The number of alkyl halides is 5. The third-order valence-corrected chi connectivity index (χ3v) is 3.38. The molecule has 14 heteroatoms. The van der Waals surface area contributed by atoms with E-state index in [0.717, 1.165) is 0 Å². The van der Waals surface area contributed by atoms with Crippen molar-refractivity contribution in [1.29, 1.82) is 5.26 Å². The van der Waals surface area contributed by atoms with Gasteiger partial charge in [-0.2, -0.15) is 37.4 Å². The van der Waals surface area contributed by atoms with Crippen molar-refractivity contribution < 1.29 is 22.0 Å². The molecule has 0 spiro atoms. The predicted octanol–water partition coefficient (Wildman–Crippen LogP) is 1.10. The standard InChI is InChI=1S/C9H4F5N7OS/c10-8(11,9(12,13)14)5-3(1-15)6(17-7(22)16-5)23-2-4-18-20-21-19-4/h2H2,(H,16,17,22)(H,18,19,20,21). The van der Waals surface area contributed by atoms with Gasteiger partial charge >= 0.3 is 17.8 Å². The zero-order valence-electron chi connectivity index (χ0n) is 10.6. The summed E-state index contributed by atoms with van der Waals surface area (Å²) in [6.07, 6.45) is -5.99. The quantitative estimate of drug-likeness (QED) is 0.479. The number of nitrogens with zero attached hydrogens (tertiary/aromatic N) is 5. The van der Waals surface area contributed by atoms with Crippen molar-refractivity contribution in [1.82, 2.24) is 30.6 Å². The van der Waals surface area contributed by atoms with Gasteiger partial charge < -0.3 is 4.98 Å². The highest BCUT2D eigenvalue weighted by atomic mass is 32.2. The number of aromatic nitrogens is 6. The number of hydrogen-bond donors (Lipinski definition) is 2. The minimum Gasteiger partial charge on any atom is -0.303 e. The van der Waals surface area contributed by atoms with Crippen LogP contribution in [0.5, 0.6) is 0 Å². The first-order chi connectivity index (χ1) is 10.7. The van der Waals surface area contributed by atoms with E-state index < -0.39 is 34.1 Å². The monoisotopic (exact) mass is 353 g/mol. The Hall–Kier alpha value is -2.56. The van der Waals surface area contributed by atoms with Gasteiger partial charge in [0.2, 0.25) is 0 Å². The molecular weight excluding hydrogens is 349 g/mol. The van der Waals surface area contributed by atoms with Gasteiger partial charge in [-0.25, -0.2) is 4.79 Å². The average molecular weight is 353 g/mol. The maximum absolute atomic E-state index is 13.5. The molecule has 2 heterocycles. The summed E-state index contributed by atoms with van der Waals surface area (Å²) in [5.41, 5.74) is -4.39. The van der Waals surface area contributed by atoms with E-state index in [4.69, 9.17) is 5.26 Å². The number of hydrogen-bond acceptors (Lipinski definition) is 7. The molecule has 0 atom stereocenters. The van der Waals surface area contributed by atoms with Crippen LogP contribution in [0.15, 0.2) is 9.82 Å². The van der Waals surface area contributed by atoms with Crippen LogP contribution in [-0.2, 0) is 11.7 Å². The first kappa shape index (κ1) is 16.8. The van der Waals surface area contributed by atoms with E-state index in [1.807, 2.05) is 0 Å². The van der Waals surface area contributed by atoms with Crippen molar-refractivity contribution in [2.45, 2.75) is 22.9 Å². The van der Waals surface area contributed by atoms with Crippen LogP contribution in [0, 0.1) is 11.3 Å². The van der Waals surface area contributed by atoms with Crippen molar-refractivity contribution >= 4 is 11.8 Å². The average Bonchev–Trinajstić information content (AvgIpc) is 2.96. The Bertz CT molecular complexity index is 794. The molecule has 0 saturated heterocycles. The summed E-state index contributed by atoms with van der Waals surface area (Å²) in [5.74, 6) is -5.50. The number of thioether (sulfide) groups is 1. The van der Waals surface area contributed by atoms with Crippen LogP contribution in [-0.4, -0.2) is 36.8 Å².